The van der Waals surface area contributed by atoms with Gasteiger partial charge in [0.1, 0.15) is 0 Å². The molecule has 1 fully saturated rings. The van der Waals surface area contributed by atoms with E-state index >= 15 is 0 Å². The summed E-state index contributed by atoms with van der Waals surface area (Å²) in [4.78, 5) is 28.3. The number of halogens is 1. The Morgan fingerprint density at radius 1 is 1.03 bits per heavy atom. The second kappa shape index (κ2) is 11.4. The molecule has 3 aromatic carbocycles. The van der Waals surface area contributed by atoms with E-state index in [1.807, 2.05) is 35.2 Å². The van der Waals surface area contributed by atoms with Crippen molar-refractivity contribution in [1.82, 2.24) is 4.90 Å². The van der Waals surface area contributed by atoms with Crippen molar-refractivity contribution in [2.75, 3.05) is 18.0 Å². The van der Waals surface area contributed by atoms with Gasteiger partial charge in [-0.05, 0) is 76.9 Å². The zero-order chi connectivity index (χ0) is 23.9. The molecule has 1 aliphatic heterocycles. The molecule has 1 saturated heterocycles. The molecule has 0 bridgehead atoms. The monoisotopic (exact) mass is 567 g/mol. The topological polar surface area (TPSA) is 66.7 Å². The summed E-state index contributed by atoms with van der Waals surface area (Å²) >= 11 is 2.26. The number of anilines is 1. The van der Waals surface area contributed by atoms with E-state index in [1.54, 1.807) is 18.2 Å². The summed E-state index contributed by atoms with van der Waals surface area (Å²) in [6, 6.07) is 24.8. The van der Waals surface area contributed by atoms with Gasteiger partial charge in [-0.3, -0.25) is 19.8 Å². The van der Waals surface area contributed by atoms with Crippen molar-refractivity contribution in [2.45, 2.75) is 25.4 Å². The lowest BCUT2D eigenvalue weighted by Gasteiger charge is -2.38. The summed E-state index contributed by atoms with van der Waals surface area (Å²) in [5.74, 6) is -0.116. The van der Waals surface area contributed by atoms with Gasteiger partial charge in [-0.1, -0.05) is 42.5 Å². The molecule has 3 aromatic rings. The molecule has 0 spiro atoms. The van der Waals surface area contributed by atoms with E-state index in [0.29, 0.717) is 5.56 Å². The third-order valence-corrected chi connectivity index (χ3v) is 6.73. The van der Waals surface area contributed by atoms with Gasteiger partial charge in [0.25, 0.3) is 11.6 Å². The summed E-state index contributed by atoms with van der Waals surface area (Å²) < 4.78 is 1.11. The number of amides is 1. The Kier molecular flexibility index (Phi) is 8.08. The Hall–Kier alpha value is -3.04. The molecule has 0 N–H and O–H groups in total. The van der Waals surface area contributed by atoms with Crippen LogP contribution in [0.1, 0.15) is 24.0 Å². The van der Waals surface area contributed by atoms with Crippen molar-refractivity contribution in [1.29, 1.82) is 0 Å². The molecule has 34 heavy (non-hydrogen) atoms. The standard InChI is InChI=1S/C27H26IN3O3/c28-23-10-12-24(13-11-23)30(27(32)14-9-21-7-4-8-26(19-21)31(33)34)25-15-17-29(18-16-25)20-22-5-2-1-3-6-22/h1-14,19,25H,15-18,20H2/b14-9+. The van der Waals surface area contributed by atoms with Crippen molar-refractivity contribution in [2.24, 2.45) is 0 Å². The van der Waals surface area contributed by atoms with Gasteiger partial charge in [0.2, 0.25) is 0 Å². The van der Waals surface area contributed by atoms with Gasteiger partial charge in [0.05, 0.1) is 4.92 Å². The average Bonchev–Trinajstić information content (AvgIpc) is 2.86. The molecule has 0 saturated carbocycles. The number of nitro benzene ring substituents is 1. The largest absolute Gasteiger partial charge is 0.306 e. The van der Waals surface area contributed by atoms with Crippen LogP contribution in [0.2, 0.25) is 0 Å². The maximum atomic E-state index is 13.4. The number of hydrogen-bond donors (Lipinski definition) is 0. The third kappa shape index (κ3) is 6.30. The van der Waals surface area contributed by atoms with Gasteiger partial charge in [-0.2, -0.15) is 0 Å². The highest BCUT2D eigenvalue weighted by Crippen LogP contribution is 2.26. The fourth-order valence-corrected chi connectivity index (χ4v) is 4.65. The first-order valence-electron chi connectivity index (χ1n) is 11.3. The second-order valence-electron chi connectivity index (χ2n) is 8.36. The zero-order valence-corrected chi connectivity index (χ0v) is 20.9. The Bertz CT molecular complexity index is 1160. The van der Waals surface area contributed by atoms with Crippen molar-refractivity contribution in [3.05, 3.63) is 110 Å². The van der Waals surface area contributed by atoms with E-state index in [-0.39, 0.29) is 17.6 Å². The van der Waals surface area contributed by atoms with Crippen LogP contribution in [-0.2, 0) is 11.3 Å². The fourth-order valence-electron chi connectivity index (χ4n) is 4.29. The zero-order valence-electron chi connectivity index (χ0n) is 18.7. The van der Waals surface area contributed by atoms with Crippen molar-refractivity contribution >= 4 is 45.9 Å². The molecule has 0 radical (unpaired) electrons. The third-order valence-electron chi connectivity index (χ3n) is 6.01. The molecule has 1 heterocycles. The summed E-state index contributed by atoms with van der Waals surface area (Å²) in [6.45, 7) is 2.75. The van der Waals surface area contributed by atoms with Crippen LogP contribution >= 0.6 is 22.6 Å². The first kappa shape index (κ1) is 24.1. The molecule has 0 atom stereocenters. The molecular formula is C27H26IN3O3. The fraction of sp³-hybridized carbons (Fsp3) is 0.222. The summed E-state index contributed by atoms with van der Waals surface area (Å²) in [7, 11) is 0. The molecule has 4 rings (SSSR count). The van der Waals surface area contributed by atoms with Gasteiger partial charge in [-0.15, -0.1) is 0 Å². The first-order chi connectivity index (χ1) is 16.5. The van der Waals surface area contributed by atoms with Crippen LogP contribution in [0.4, 0.5) is 11.4 Å². The number of nitro groups is 1. The second-order valence-corrected chi connectivity index (χ2v) is 9.61. The molecule has 7 heteroatoms. The normalized spacial score (nSPS) is 14.9. The number of piperidine rings is 1. The number of non-ortho nitro benzene ring substituents is 1. The van der Waals surface area contributed by atoms with Crippen LogP contribution < -0.4 is 4.90 Å². The van der Waals surface area contributed by atoms with Gasteiger partial charge in [-0.25, -0.2) is 0 Å². The lowest BCUT2D eigenvalue weighted by molar-refractivity contribution is -0.384. The number of benzene rings is 3. The lowest BCUT2D eigenvalue weighted by atomic mass is 10.0. The number of likely N-dealkylation sites (tertiary alicyclic amines) is 1. The van der Waals surface area contributed by atoms with E-state index in [2.05, 4.69) is 51.8 Å². The van der Waals surface area contributed by atoms with Crippen LogP contribution in [0.15, 0.2) is 84.9 Å². The van der Waals surface area contributed by atoms with Gasteiger partial charge in [0.15, 0.2) is 0 Å². The minimum atomic E-state index is -0.430. The van der Waals surface area contributed by atoms with Crippen LogP contribution in [0.3, 0.4) is 0 Å². The maximum Gasteiger partial charge on any atom is 0.270 e. The smallest absolute Gasteiger partial charge is 0.270 e. The predicted octanol–water partition coefficient (Wildman–Crippen LogP) is 5.91. The number of rotatable bonds is 7. The molecule has 6 nitrogen and oxygen atoms in total. The predicted molar refractivity (Wildman–Crippen MR) is 144 cm³/mol. The average molecular weight is 567 g/mol. The van der Waals surface area contributed by atoms with Crippen molar-refractivity contribution < 1.29 is 9.72 Å². The van der Waals surface area contributed by atoms with Gasteiger partial charge in [0, 0.05) is 53.1 Å². The Balaban J connectivity index is 1.49. The molecule has 0 aromatic heterocycles. The highest BCUT2D eigenvalue weighted by molar-refractivity contribution is 14.1. The molecule has 1 aliphatic rings. The number of carbonyl (C=O) groups excluding carboxylic acids is 1. The maximum absolute atomic E-state index is 13.4. The summed E-state index contributed by atoms with van der Waals surface area (Å²) in [6.07, 6.45) is 4.94. The minimum absolute atomic E-state index is 0.00915. The van der Waals surface area contributed by atoms with E-state index in [1.165, 1.54) is 23.8 Å². The number of carbonyl (C=O) groups is 1. The Labute approximate surface area is 213 Å². The highest BCUT2D eigenvalue weighted by Gasteiger charge is 2.28. The SMILES string of the molecule is O=C(/C=C/c1cccc([N+](=O)[O-])c1)N(c1ccc(I)cc1)C1CCN(Cc2ccccc2)CC1. The van der Waals surface area contributed by atoms with Crippen LogP contribution in [0.5, 0.6) is 0 Å². The summed E-state index contributed by atoms with van der Waals surface area (Å²) in [5.41, 5.74) is 2.81. The van der Waals surface area contributed by atoms with E-state index in [0.717, 1.165) is 41.7 Å². The lowest BCUT2D eigenvalue weighted by Crippen LogP contribution is -2.47. The molecule has 1 amide bonds. The quantitative estimate of drug-likeness (QED) is 0.154. The first-order valence-corrected chi connectivity index (χ1v) is 12.3. The minimum Gasteiger partial charge on any atom is -0.306 e. The number of nitrogens with zero attached hydrogens (tertiary/aromatic N) is 3. The van der Waals surface area contributed by atoms with Gasteiger partial charge >= 0.3 is 0 Å². The van der Waals surface area contributed by atoms with Gasteiger partial charge < -0.3 is 4.90 Å². The Morgan fingerprint density at radius 2 is 1.74 bits per heavy atom. The van der Waals surface area contributed by atoms with Crippen molar-refractivity contribution in [3.8, 4) is 0 Å². The van der Waals surface area contributed by atoms with E-state index < -0.39 is 4.92 Å². The van der Waals surface area contributed by atoms with E-state index in [9.17, 15) is 14.9 Å². The molecule has 0 unspecified atom stereocenters. The summed E-state index contributed by atoms with van der Waals surface area (Å²) in [5, 5.41) is 11.1. The molecule has 0 aliphatic carbocycles. The number of hydrogen-bond acceptors (Lipinski definition) is 4. The van der Waals surface area contributed by atoms with Crippen molar-refractivity contribution in [3.63, 3.8) is 0 Å². The Morgan fingerprint density at radius 3 is 2.41 bits per heavy atom. The molecule has 174 valence electrons. The highest BCUT2D eigenvalue weighted by atomic mass is 127. The van der Waals surface area contributed by atoms with Crippen LogP contribution in [0, 0.1) is 13.7 Å². The molecular weight excluding hydrogens is 541 g/mol. The van der Waals surface area contributed by atoms with E-state index in [4.69, 9.17) is 0 Å². The van der Waals surface area contributed by atoms with Crippen LogP contribution in [0.25, 0.3) is 6.08 Å². The van der Waals surface area contributed by atoms with Crippen LogP contribution in [-0.4, -0.2) is 34.9 Å².